The first-order valence-electron chi connectivity index (χ1n) is 10.00. The van der Waals surface area contributed by atoms with Crippen molar-refractivity contribution in [2.24, 2.45) is 4.99 Å². The van der Waals surface area contributed by atoms with Gasteiger partial charge in [-0.15, -0.1) is 0 Å². The van der Waals surface area contributed by atoms with Gasteiger partial charge in [0.15, 0.2) is 0 Å². The molecule has 1 aromatic heterocycles. The van der Waals surface area contributed by atoms with Crippen LogP contribution in [0.1, 0.15) is 11.1 Å². The van der Waals surface area contributed by atoms with Crippen molar-refractivity contribution in [3.8, 4) is 16.9 Å². The predicted molar refractivity (Wildman–Crippen MR) is 128 cm³/mol. The van der Waals surface area contributed by atoms with Crippen molar-refractivity contribution < 1.29 is 9.53 Å². The monoisotopic (exact) mass is 424 g/mol. The molecule has 0 saturated carbocycles. The second-order valence-electron chi connectivity index (χ2n) is 7.35. The third-order valence-corrected chi connectivity index (χ3v) is 6.25. The maximum atomic E-state index is 12.4. The number of carbonyl (C=O) groups excluding carboxylic acids is 1. The molecule has 0 spiro atoms. The van der Waals surface area contributed by atoms with Crippen molar-refractivity contribution >= 4 is 39.7 Å². The van der Waals surface area contributed by atoms with Crippen LogP contribution in [0, 0.1) is 0 Å². The number of carbonyl (C=O) groups is 1. The summed E-state index contributed by atoms with van der Waals surface area (Å²) in [6.07, 6.45) is 4.50. The number of thioether (sulfide) groups is 1. The van der Waals surface area contributed by atoms with Gasteiger partial charge in [0, 0.05) is 18.1 Å². The second kappa shape index (κ2) is 8.28. The first-order valence-corrected chi connectivity index (χ1v) is 10.8. The van der Waals surface area contributed by atoms with Gasteiger partial charge < -0.3 is 9.72 Å². The number of amides is 1. The van der Waals surface area contributed by atoms with Crippen LogP contribution in [-0.4, -0.2) is 23.0 Å². The minimum absolute atomic E-state index is 0.165. The Morgan fingerprint density at radius 3 is 2.45 bits per heavy atom. The SMILES string of the molecule is COc1ccc(-c2ccc(/C=C3/SC(Cc4ccc5[nH]ccc5c4)=NC3=O)cc2)cc1. The van der Waals surface area contributed by atoms with E-state index >= 15 is 0 Å². The van der Waals surface area contributed by atoms with Crippen molar-refractivity contribution in [1.82, 2.24) is 4.98 Å². The molecule has 5 rings (SSSR count). The molecule has 3 aromatic carbocycles. The number of aromatic amines is 1. The Morgan fingerprint density at radius 1 is 0.968 bits per heavy atom. The third-order valence-electron chi connectivity index (χ3n) is 5.27. The highest BCUT2D eigenvalue weighted by Crippen LogP contribution is 2.31. The fourth-order valence-corrected chi connectivity index (χ4v) is 4.57. The van der Waals surface area contributed by atoms with E-state index in [1.54, 1.807) is 7.11 Å². The Hall–Kier alpha value is -3.57. The zero-order valence-corrected chi connectivity index (χ0v) is 17.8. The molecule has 1 N–H and O–H groups in total. The third kappa shape index (κ3) is 4.18. The first kappa shape index (κ1) is 19.4. The maximum absolute atomic E-state index is 12.4. The first-order chi connectivity index (χ1) is 15.2. The van der Waals surface area contributed by atoms with Gasteiger partial charge in [0.2, 0.25) is 0 Å². The summed E-state index contributed by atoms with van der Waals surface area (Å²) in [4.78, 5) is 20.5. The number of nitrogens with one attached hydrogen (secondary N) is 1. The molecular formula is C26H20N2O2S. The molecule has 1 amide bonds. The molecule has 152 valence electrons. The highest BCUT2D eigenvalue weighted by molar-refractivity contribution is 8.18. The number of hydrogen-bond donors (Lipinski definition) is 1. The highest BCUT2D eigenvalue weighted by Gasteiger charge is 2.22. The molecule has 5 heteroatoms. The highest BCUT2D eigenvalue weighted by atomic mass is 32.2. The molecule has 0 fully saturated rings. The van der Waals surface area contributed by atoms with Crippen LogP contribution in [0.4, 0.5) is 0 Å². The number of hydrogen-bond acceptors (Lipinski definition) is 3. The molecule has 0 unspecified atom stereocenters. The predicted octanol–water partition coefficient (Wildman–Crippen LogP) is 6.10. The van der Waals surface area contributed by atoms with E-state index in [0.717, 1.165) is 38.6 Å². The van der Waals surface area contributed by atoms with Gasteiger partial charge >= 0.3 is 0 Å². The number of rotatable bonds is 5. The molecule has 4 aromatic rings. The van der Waals surface area contributed by atoms with Gasteiger partial charge in [-0.05, 0) is 64.0 Å². The molecule has 1 aliphatic rings. The van der Waals surface area contributed by atoms with Crippen LogP contribution in [0.25, 0.3) is 28.1 Å². The molecule has 0 atom stereocenters. The van der Waals surface area contributed by atoms with Gasteiger partial charge in [0.1, 0.15) is 5.75 Å². The van der Waals surface area contributed by atoms with Crippen molar-refractivity contribution in [3.63, 3.8) is 0 Å². The molecule has 0 bridgehead atoms. The number of benzene rings is 3. The minimum atomic E-state index is -0.165. The number of fused-ring (bicyclic) bond motifs is 1. The summed E-state index contributed by atoms with van der Waals surface area (Å²) in [5.74, 6) is 0.674. The van der Waals surface area contributed by atoms with Crippen LogP contribution < -0.4 is 4.74 Å². The Bertz CT molecular complexity index is 1320. The lowest BCUT2D eigenvalue weighted by Crippen LogP contribution is -1.94. The van der Waals surface area contributed by atoms with Crippen molar-refractivity contribution in [3.05, 3.63) is 95.0 Å². The van der Waals surface area contributed by atoms with Crippen LogP contribution in [0.2, 0.25) is 0 Å². The van der Waals surface area contributed by atoms with Gasteiger partial charge in [-0.25, -0.2) is 4.99 Å². The zero-order valence-electron chi connectivity index (χ0n) is 17.0. The van der Waals surface area contributed by atoms with Crippen LogP contribution in [0.3, 0.4) is 0 Å². The number of methoxy groups -OCH3 is 1. The summed E-state index contributed by atoms with van der Waals surface area (Å²) >= 11 is 1.46. The molecule has 0 radical (unpaired) electrons. The van der Waals surface area contributed by atoms with Gasteiger partial charge in [0.25, 0.3) is 5.91 Å². The van der Waals surface area contributed by atoms with E-state index in [2.05, 4.69) is 46.4 Å². The largest absolute Gasteiger partial charge is 0.497 e. The summed E-state index contributed by atoms with van der Waals surface area (Å²) in [6, 6.07) is 24.5. The normalized spacial score (nSPS) is 14.9. The van der Waals surface area contributed by atoms with Crippen LogP contribution in [0.15, 0.2) is 88.9 Å². The summed E-state index contributed by atoms with van der Waals surface area (Å²) < 4.78 is 5.22. The van der Waals surface area contributed by atoms with E-state index in [9.17, 15) is 4.79 Å². The summed E-state index contributed by atoms with van der Waals surface area (Å²) in [5, 5.41) is 2.00. The minimum Gasteiger partial charge on any atom is -0.497 e. The fourth-order valence-electron chi connectivity index (χ4n) is 3.62. The second-order valence-corrected chi connectivity index (χ2v) is 8.46. The van der Waals surface area contributed by atoms with Crippen molar-refractivity contribution in [1.29, 1.82) is 0 Å². The van der Waals surface area contributed by atoms with E-state index in [1.165, 1.54) is 17.1 Å². The molecule has 31 heavy (non-hydrogen) atoms. The Balaban J connectivity index is 1.29. The van der Waals surface area contributed by atoms with Crippen LogP contribution >= 0.6 is 11.8 Å². The fraction of sp³-hybridized carbons (Fsp3) is 0.0769. The van der Waals surface area contributed by atoms with Gasteiger partial charge in [0.05, 0.1) is 17.1 Å². The summed E-state index contributed by atoms with van der Waals surface area (Å²) in [6.45, 7) is 0. The van der Waals surface area contributed by atoms with E-state index < -0.39 is 0 Å². The standard InChI is InChI=1S/C26H20N2O2S/c1-30-22-9-7-20(8-10-22)19-5-2-17(3-6-19)15-24-26(29)28-25(31-24)16-18-4-11-23-21(14-18)12-13-27-23/h2-15,27H,16H2,1H3/b24-15+. The molecule has 2 heterocycles. The topological polar surface area (TPSA) is 54.4 Å². The maximum Gasteiger partial charge on any atom is 0.284 e. The Labute approximate surface area is 184 Å². The number of aromatic nitrogens is 1. The van der Waals surface area contributed by atoms with E-state index in [4.69, 9.17) is 4.74 Å². The van der Waals surface area contributed by atoms with Gasteiger partial charge in [-0.2, -0.15) is 0 Å². The average Bonchev–Trinajstić information content (AvgIpc) is 3.40. The van der Waals surface area contributed by atoms with Gasteiger partial charge in [-0.3, -0.25) is 4.79 Å². The van der Waals surface area contributed by atoms with Crippen LogP contribution in [-0.2, 0) is 11.2 Å². The lowest BCUT2D eigenvalue weighted by molar-refractivity contribution is -0.113. The molecule has 1 aliphatic heterocycles. The van der Waals surface area contributed by atoms with Crippen molar-refractivity contribution in [2.45, 2.75) is 6.42 Å². The zero-order chi connectivity index (χ0) is 21.2. The van der Waals surface area contributed by atoms with Gasteiger partial charge in [-0.1, -0.05) is 54.2 Å². The van der Waals surface area contributed by atoms with E-state index in [0.29, 0.717) is 11.3 Å². The molecular weight excluding hydrogens is 404 g/mol. The number of nitrogens with zero attached hydrogens (tertiary/aromatic N) is 1. The lowest BCUT2D eigenvalue weighted by Gasteiger charge is -2.05. The number of aliphatic imine (C=N–C) groups is 1. The lowest BCUT2D eigenvalue weighted by atomic mass is 10.0. The van der Waals surface area contributed by atoms with E-state index in [1.807, 2.05) is 48.7 Å². The molecule has 4 nitrogen and oxygen atoms in total. The quantitative estimate of drug-likeness (QED) is 0.394. The Morgan fingerprint density at radius 2 is 1.71 bits per heavy atom. The average molecular weight is 425 g/mol. The van der Waals surface area contributed by atoms with Crippen LogP contribution in [0.5, 0.6) is 5.75 Å². The molecule has 0 aliphatic carbocycles. The number of ether oxygens (including phenoxy) is 1. The smallest absolute Gasteiger partial charge is 0.284 e. The van der Waals surface area contributed by atoms with Crippen molar-refractivity contribution in [2.75, 3.05) is 7.11 Å². The Kier molecular flexibility index (Phi) is 5.18. The van der Waals surface area contributed by atoms with E-state index in [-0.39, 0.29) is 5.91 Å². The summed E-state index contributed by atoms with van der Waals surface area (Å²) in [7, 11) is 1.66. The molecule has 0 saturated heterocycles. The number of H-pyrrole nitrogens is 1. The summed E-state index contributed by atoms with van der Waals surface area (Å²) in [5.41, 5.74) is 5.48.